The molecule has 92 valence electrons. The van der Waals surface area contributed by atoms with E-state index in [-0.39, 0.29) is 17.6 Å². The summed E-state index contributed by atoms with van der Waals surface area (Å²) in [5.41, 5.74) is 0.848. The van der Waals surface area contributed by atoms with Crippen LogP contribution in [0.5, 0.6) is 0 Å². The van der Waals surface area contributed by atoms with Gasteiger partial charge in [-0.25, -0.2) is 4.39 Å². The first-order valence-corrected chi connectivity index (χ1v) is 7.39. The SMILES string of the molecule is O=C(Cc1ccc(F)c(Br)c1)C1CSCCN1. The van der Waals surface area contributed by atoms with Crippen molar-refractivity contribution in [3.05, 3.63) is 34.1 Å². The maximum atomic E-state index is 13.0. The van der Waals surface area contributed by atoms with Crippen LogP contribution in [0.1, 0.15) is 5.56 Å². The van der Waals surface area contributed by atoms with Crippen LogP contribution in [0.2, 0.25) is 0 Å². The third-order valence-electron chi connectivity index (χ3n) is 2.67. The highest BCUT2D eigenvalue weighted by Crippen LogP contribution is 2.18. The van der Waals surface area contributed by atoms with Crippen LogP contribution in [0.15, 0.2) is 22.7 Å². The fourth-order valence-electron chi connectivity index (χ4n) is 1.75. The number of halogens is 2. The van der Waals surface area contributed by atoms with E-state index in [1.54, 1.807) is 23.9 Å². The van der Waals surface area contributed by atoms with E-state index in [0.29, 0.717) is 10.9 Å². The number of thioether (sulfide) groups is 1. The number of carbonyl (C=O) groups excluding carboxylic acids is 1. The van der Waals surface area contributed by atoms with Gasteiger partial charge in [0.25, 0.3) is 0 Å². The topological polar surface area (TPSA) is 29.1 Å². The quantitative estimate of drug-likeness (QED) is 0.928. The molecular formula is C12H13BrFNOS. The molecule has 1 fully saturated rings. The second-order valence-electron chi connectivity index (χ2n) is 3.97. The molecule has 0 radical (unpaired) electrons. The van der Waals surface area contributed by atoms with Crippen LogP contribution in [0, 0.1) is 5.82 Å². The zero-order chi connectivity index (χ0) is 12.3. The largest absolute Gasteiger partial charge is 0.306 e. The van der Waals surface area contributed by atoms with E-state index in [1.807, 2.05) is 0 Å². The Kier molecular flexibility index (Phi) is 4.59. The predicted octanol–water partition coefficient (Wildman–Crippen LogP) is 2.40. The van der Waals surface area contributed by atoms with E-state index in [2.05, 4.69) is 21.2 Å². The Balaban J connectivity index is 1.99. The van der Waals surface area contributed by atoms with Crippen molar-refractivity contribution >= 4 is 33.5 Å². The van der Waals surface area contributed by atoms with Gasteiger partial charge in [0.2, 0.25) is 0 Å². The Bertz CT molecular complexity index is 421. The van der Waals surface area contributed by atoms with Gasteiger partial charge in [-0.1, -0.05) is 6.07 Å². The average Bonchev–Trinajstić information content (AvgIpc) is 2.35. The van der Waals surface area contributed by atoms with Crippen molar-refractivity contribution in [3.8, 4) is 0 Å². The molecule has 1 saturated heterocycles. The maximum absolute atomic E-state index is 13.0. The molecule has 17 heavy (non-hydrogen) atoms. The number of carbonyl (C=O) groups is 1. The molecule has 0 bridgehead atoms. The van der Waals surface area contributed by atoms with Crippen LogP contribution in [-0.2, 0) is 11.2 Å². The van der Waals surface area contributed by atoms with Crippen molar-refractivity contribution in [1.29, 1.82) is 0 Å². The smallest absolute Gasteiger partial charge is 0.154 e. The number of ketones is 1. The highest BCUT2D eigenvalue weighted by atomic mass is 79.9. The molecule has 0 saturated carbocycles. The first-order valence-electron chi connectivity index (χ1n) is 5.44. The van der Waals surface area contributed by atoms with Crippen LogP contribution in [0.3, 0.4) is 0 Å². The van der Waals surface area contributed by atoms with Crippen molar-refractivity contribution in [2.45, 2.75) is 12.5 Å². The van der Waals surface area contributed by atoms with Crippen molar-refractivity contribution in [2.75, 3.05) is 18.1 Å². The molecular weight excluding hydrogens is 305 g/mol. The lowest BCUT2D eigenvalue weighted by molar-refractivity contribution is -0.119. The summed E-state index contributed by atoms with van der Waals surface area (Å²) in [6.45, 7) is 0.883. The fourth-order valence-corrected chi connectivity index (χ4v) is 3.14. The number of rotatable bonds is 3. The molecule has 1 aromatic rings. The number of Topliss-reactive ketones (excluding diaryl/α,β-unsaturated/α-hetero) is 1. The molecule has 0 aromatic heterocycles. The first-order chi connectivity index (χ1) is 8.16. The Morgan fingerprint density at radius 1 is 1.59 bits per heavy atom. The molecule has 1 N–H and O–H groups in total. The Morgan fingerprint density at radius 3 is 3.06 bits per heavy atom. The highest BCUT2D eigenvalue weighted by Gasteiger charge is 2.20. The van der Waals surface area contributed by atoms with Gasteiger partial charge in [0.15, 0.2) is 5.78 Å². The summed E-state index contributed by atoms with van der Waals surface area (Å²) in [5, 5.41) is 3.21. The summed E-state index contributed by atoms with van der Waals surface area (Å²) < 4.78 is 13.5. The Labute approximate surface area is 112 Å². The molecule has 2 nitrogen and oxygen atoms in total. The van der Waals surface area contributed by atoms with Crippen LogP contribution in [-0.4, -0.2) is 29.9 Å². The van der Waals surface area contributed by atoms with E-state index >= 15 is 0 Å². The van der Waals surface area contributed by atoms with Crippen LogP contribution >= 0.6 is 27.7 Å². The molecule has 0 amide bonds. The molecule has 1 unspecified atom stereocenters. The van der Waals surface area contributed by atoms with Crippen molar-refractivity contribution in [2.24, 2.45) is 0 Å². The standard InChI is InChI=1S/C12H13BrFNOS/c13-9-5-8(1-2-10(9)14)6-12(16)11-7-17-4-3-15-11/h1-2,5,11,15H,3-4,6-7H2. The normalized spacial score (nSPS) is 20.2. The van der Waals surface area contributed by atoms with Gasteiger partial charge in [-0.05, 0) is 33.6 Å². The van der Waals surface area contributed by atoms with Crippen LogP contribution in [0.4, 0.5) is 4.39 Å². The molecule has 2 rings (SSSR count). The van der Waals surface area contributed by atoms with Crippen molar-refractivity contribution in [1.82, 2.24) is 5.32 Å². The summed E-state index contributed by atoms with van der Waals surface area (Å²) in [6, 6.07) is 4.66. The van der Waals surface area contributed by atoms with E-state index in [9.17, 15) is 9.18 Å². The zero-order valence-electron chi connectivity index (χ0n) is 9.21. The average molecular weight is 318 g/mol. The van der Waals surface area contributed by atoms with E-state index < -0.39 is 0 Å². The van der Waals surface area contributed by atoms with Gasteiger partial charge in [-0.3, -0.25) is 4.79 Å². The van der Waals surface area contributed by atoms with Gasteiger partial charge in [-0.2, -0.15) is 11.8 Å². The zero-order valence-corrected chi connectivity index (χ0v) is 11.6. The van der Waals surface area contributed by atoms with E-state index in [0.717, 1.165) is 23.6 Å². The van der Waals surface area contributed by atoms with E-state index in [1.165, 1.54) is 6.07 Å². The second kappa shape index (κ2) is 5.98. The first kappa shape index (κ1) is 13.1. The van der Waals surface area contributed by atoms with Crippen molar-refractivity contribution in [3.63, 3.8) is 0 Å². The lowest BCUT2D eigenvalue weighted by Gasteiger charge is -2.21. The summed E-state index contributed by atoms with van der Waals surface area (Å²) in [4.78, 5) is 12.0. The third-order valence-corrected chi connectivity index (χ3v) is 4.34. The molecule has 1 aliphatic rings. The Hall–Kier alpha value is -0.390. The second-order valence-corrected chi connectivity index (χ2v) is 5.98. The summed E-state index contributed by atoms with van der Waals surface area (Å²) in [5.74, 6) is 1.77. The number of nitrogens with one attached hydrogen (secondary N) is 1. The lowest BCUT2D eigenvalue weighted by Crippen LogP contribution is -2.44. The number of benzene rings is 1. The van der Waals surface area contributed by atoms with Gasteiger partial charge in [-0.15, -0.1) is 0 Å². The number of hydrogen-bond donors (Lipinski definition) is 1. The van der Waals surface area contributed by atoms with Gasteiger partial charge >= 0.3 is 0 Å². The number of hydrogen-bond acceptors (Lipinski definition) is 3. The fraction of sp³-hybridized carbons (Fsp3) is 0.417. The minimum atomic E-state index is -0.299. The molecule has 1 aliphatic heterocycles. The monoisotopic (exact) mass is 317 g/mol. The molecule has 1 heterocycles. The highest BCUT2D eigenvalue weighted by molar-refractivity contribution is 9.10. The molecule has 1 atom stereocenters. The predicted molar refractivity (Wildman–Crippen MR) is 71.9 cm³/mol. The lowest BCUT2D eigenvalue weighted by atomic mass is 10.0. The van der Waals surface area contributed by atoms with Crippen LogP contribution < -0.4 is 5.32 Å². The Morgan fingerprint density at radius 2 is 2.41 bits per heavy atom. The van der Waals surface area contributed by atoms with Gasteiger partial charge in [0.05, 0.1) is 10.5 Å². The summed E-state index contributed by atoms with van der Waals surface area (Å²) in [7, 11) is 0. The molecule has 1 aromatic carbocycles. The van der Waals surface area contributed by atoms with E-state index in [4.69, 9.17) is 0 Å². The minimum absolute atomic E-state index is 0.0578. The third kappa shape index (κ3) is 3.53. The van der Waals surface area contributed by atoms with Crippen molar-refractivity contribution < 1.29 is 9.18 Å². The summed E-state index contributed by atoms with van der Waals surface area (Å²) in [6.07, 6.45) is 0.358. The summed E-state index contributed by atoms with van der Waals surface area (Å²) >= 11 is 4.92. The van der Waals surface area contributed by atoms with Gasteiger partial charge < -0.3 is 5.32 Å². The van der Waals surface area contributed by atoms with Gasteiger partial charge in [0.1, 0.15) is 5.82 Å². The molecule has 0 aliphatic carbocycles. The van der Waals surface area contributed by atoms with Gasteiger partial charge in [0, 0.05) is 24.5 Å². The van der Waals surface area contributed by atoms with Crippen LogP contribution in [0.25, 0.3) is 0 Å². The minimum Gasteiger partial charge on any atom is -0.306 e. The maximum Gasteiger partial charge on any atom is 0.154 e. The molecule has 0 spiro atoms. The molecule has 5 heteroatoms.